The maximum Gasteiger partial charge on any atom is 0.223 e. The number of carbonyl (C=O) groups is 1. The van der Waals surface area contributed by atoms with E-state index in [0.717, 1.165) is 23.1 Å². The van der Waals surface area contributed by atoms with Crippen LogP contribution in [0.15, 0.2) is 28.6 Å². The van der Waals surface area contributed by atoms with E-state index in [4.69, 9.17) is 5.73 Å². The maximum atomic E-state index is 13.0. The Morgan fingerprint density at radius 3 is 2.54 bits per heavy atom. The van der Waals surface area contributed by atoms with E-state index in [1.165, 1.54) is 35.2 Å². The molecule has 1 aromatic carbocycles. The fourth-order valence-corrected chi connectivity index (χ4v) is 4.16. The average Bonchev–Trinajstić information content (AvgIpc) is 3.01. The highest BCUT2D eigenvalue weighted by atomic mass is 32.2. The SMILES string of the molecule is Nc1nnc(SCCC(=O)N2CCN(c3ccc(F)cc3)CC2)s1. The van der Waals surface area contributed by atoms with Crippen molar-refractivity contribution in [3.8, 4) is 0 Å². The van der Waals surface area contributed by atoms with E-state index in [2.05, 4.69) is 15.1 Å². The summed E-state index contributed by atoms with van der Waals surface area (Å²) in [7, 11) is 0. The topological polar surface area (TPSA) is 75.3 Å². The first kappa shape index (κ1) is 17.0. The Bertz CT molecular complexity index is 685. The third kappa shape index (κ3) is 4.35. The van der Waals surface area contributed by atoms with E-state index < -0.39 is 0 Å². The predicted molar refractivity (Wildman–Crippen MR) is 94.9 cm³/mol. The second kappa shape index (κ2) is 7.80. The highest BCUT2D eigenvalue weighted by molar-refractivity contribution is 8.01. The van der Waals surface area contributed by atoms with Crippen molar-refractivity contribution in [2.24, 2.45) is 0 Å². The van der Waals surface area contributed by atoms with Crippen molar-refractivity contribution >= 4 is 39.8 Å². The molecule has 3 rings (SSSR count). The monoisotopic (exact) mass is 367 g/mol. The van der Waals surface area contributed by atoms with Gasteiger partial charge in [-0.1, -0.05) is 23.1 Å². The molecule has 6 nitrogen and oxygen atoms in total. The minimum atomic E-state index is -0.234. The van der Waals surface area contributed by atoms with Gasteiger partial charge in [0.1, 0.15) is 5.82 Å². The van der Waals surface area contributed by atoms with Gasteiger partial charge in [0.25, 0.3) is 0 Å². The van der Waals surface area contributed by atoms with Crippen molar-refractivity contribution in [2.75, 3.05) is 42.6 Å². The number of piperazine rings is 1. The van der Waals surface area contributed by atoms with Crippen molar-refractivity contribution in [1.29, 1.82) is 0 Å². The van der Waals surface area contributed by atoms with E-state index in [-0.39, 0.29) is 11.7 Å². The summed E-state index contributed by atoms with van der Waals surface area (Å²) in [5.74, 6) is 0.590. The quantitative estimate of drug-likeness (QED) is 0.816. The van der Waals surface area contributed by atoms with E-state index >= 15 is 0 Å². The van der Waals surface area contributed by atoms with E-state index in [0.29, 0.717) is 30.4 Å². The lowest BCUT2D eigenvalue weighted by atomic mass is 10.2. The van der Waals surface area contributed by atoms with Crippen LogP contribution in [0.2, 0.25) is 0 Å². The van der Waals surface area contributed by atoms with Gasteiger partial charge in [-0.15, -0.1) is 10.2 Å². The zero-order chi connectivity index (χ0) is 16.9. The van der Waals surface area contributed by atoms with Gasteiger partial charge in [-0.2, -0.15) is 0 Å². The van der Waals surface area contributed by atoms with Crippen molar-refractivity contribution in [3.63, 3.8) is 0 Å². The fraction of sp³-hybridized carbons (Fsp3) is 0.400. The Labute approximate surface area is 147 Å². The number of thioether (sulfide) groups is 1. The van der Waals surface area contributed by atoms with Crippen molar-refractivity contribution in [1.82, 2.24) is 15.1 Å². The number of nitrogens with zero attached hydrogens (tertiary/aromatic N) is 4. The van der Waals surface area contributed by atoms with Gasteiger partial charge in [-0.3, -0.25) is 4.79 Å². The highest BCUT2D eigenvalue weighted by Gasteiger charge is 2.21. The Morgan fingerprint density at radius 2 is 1.92 bits per heavy atom. The summed E-state index contributed by atoms with van der Waals surface area (Å²) in [4.78, 5) is 16.3. The molecule has 0 atom stereocenters. The van der Waals surface area contributed by atoms with Gasteiger partial charge in [0.05, 0.1) is 0 Å². The minimum absolute atomic E-state index is 0.152. The van der Waals surface area contributed by atoms with Gasteiger partial charge in [-0.25, -0.2) is 4.39 Å². The van der Waals surface area contributed by atoms with Crippen LogP contribution in [0.5, 0.6) is 0 Å². The Kier molecular flexibility index (Phi) is 5.52. The molecule has 1 aliphatic heterocycles. The molecule has 2 aromatic rings. The number of nitrogens with two attached hydrogens (primary N) is 1. The van der Waals surface area contributed by atoms with Crippen LogP contribution in [-0.2, 0) is 4.79 Å². The Morgan fingerprint density at radius 1 is 1.21 bits per heavy atom. The van der Waals surface area contributed by atoms with Gasteiger partial charge in [0.2, 0.25) is 11.0 Å². The number of amides is 1. The largest absolute Gasteiger partial charge is 0.374 e. The van der Waals surface area contributed by atoms with E-state index in [1.54, 1.807) is 12.1 Å². The lowest BCUT2D eigenvalue weighted by Crippen LogP contribution is -2.48. The normalized spacial score (nSPS) is 14.9. The van der Waals surface area contributed by atoms with Crippen LogP contribution in [0.1, 0.15) is 6.42 Å². The van der Waals surface area contributed by atoms with Crippen molar-refractivity contribution in [3.05, 3.63) is 30.1 Å². The molecule has 1 amide bonds. The molecule has 0 spiro atoms. The standard InChI is InChI=1S/C15H18FN5OS2/c16-11-1-3-12(4-2-11)20-6-8-21(9-7-20)13(22)5-10-23-15-19-18-14(17)24-15/h1-4H,5-10H2,(H2,17,18). The molecule has 0 unspecified atom stereocenters. The molecular formula is C15H18FN5OS2. The van der Waals surface area contributed by atoms with Crippen LogP contribution < -0.4 is 10.6 Å². The summed E-state index contributed by atoms with van der Waals surface area (Å²) in [6.07, 6.45) is 0.473. The summed E-state index contributed by atoms with van der Waals surface area (Å²) in [6.45, 7) is 2.90. The zero-order valence-electron chi connectivity index (χ0n) is 13.0. The van der Waals surface area contributed by atoms with Crippen molar-refractivity contribution < 1.29 is 9.18 Å². The van der Waals surface area contributed by atoms with Gasteiger partial charge in [-0.05, 0) is 24.3 Å². The lowest BCUT2D eigenvalue weighted by molar-refractivity contribution is -0.131. The summed E-state index contributed by atoms with van der Waals surface area (Å²) in [5.41, 5.74) is 6.52. The molecule has 0 aliphatic carbocycles. The number of hydrogen-bond acceptors (Lipinski definition) is 7. The first-order valence-corrected chi connectivity index (χ1v) is 9.42. The number of halogens is 1. The third-order valence-corrected chi connectivity index (χ3v) is 5.68. The van der Waals surface area contributed by atoms with Gasteiger partial charge in [0, 0.05) is 44.0 Å². The van der Waals surface area contributed by atoms with Gasteiger partial charge in [0.15, 0.2) is 4.34 Å². The Balaban J connectivity index is 1.42. The van der Waals surface area contributed by atoms with Gasteiger partial charge < -0.3 is 15.5 Å². The Hall–Kier alpha value is -1.87. The second-order valence-electron chi connectivity index (χ2n) is 5.35. The number of anilines is 2. The molecule has 128 valence electrons. The van der Waals surface area contributed by atoms with Crippen LogP contribution in [0.25, 0.3) is 0 Å². The molecule has 1 aromatic heterocycles. The molecule has 1 saturated heterocycles. The van der Waals surface area contributed by atoms with Crippen LogP contribution in [0.4, 0.5) is 15.2 Å². The summed E-state index contributed by atoms with van der Waals surface area (Å²) >= 11 is 2.84. The molecule has 2 N–H and O–H groups in total. The number of hydrogen-bond donors (Lipinski definition) is 1. The van der Waals surface area contributed by atoms with E-state index in [1.807, 2.05) is 4.90 Å². The highest BCUT2D eigenvalue weighted by Crippen LogP contribution is 2.24. The summed E-state index contributed by atoms with van der Waals surface area (Å²) in [5, 5.41) is 8.12. The fourth-order valence-electron chi connectivity index (χ4n) is 2.53. The summed E-state index contributed by atoms with van der Waals surface area (Å²) < 4.78 is 13.8. The summed E-state index contributed by atoms with van der Waals surface area (Å²) in [6, 6.07) is 6.48. The molecule has 0 bridgehead atoms. The number of aromatic nitrogens is 2. The maximum absolute atomic E-state index is 13.0. The molecule has 0 saturated carbocycles. The number of benzene rings is 1. The average molecular weight is 367 g/mol. The third-order valence-electron chi connectivity index (χ3n) is 3.79. The van der Waals surface area contributed by atoms with E-state index in [9.17, 15) is 9.18 Å². The number of nitrogen functional groups attached to an aromatic ring is 1. The first-order valence-electron chi connectivity index (χ1n) is 7.62. The number of carbonyl (C=O) groups excluding carboxylic acids is 1. The molecule has 2 heterocycles. The molecule has 24 heavy (non-hydrogen) atoms. The van der Waals surface area contributed by atoms with Crippen molar-refractivity contribution in [2.45, 2.75) is 10.8 Å². The van der Waals surface area contributed by atoms with Crippen LogP contribution in [0.3, 0.4) is 0 Å². The predicted octanol–water partition coefficient (Wildman–Crippen LogP) is 2.09. The van der Waals surface area contributed by atoms with Crippen LogP contribution in [-0.4, -0.2) is 52.9 Å². The van der Waals surface area contributed by atoms with Gasteiger partial charge >= 0.3 is 0 Å². The molecule has 9 heteroatoms. The smallest absolute Gasteiger partial charge is 0.223 e. The molecule has 1 aliphatic rings. The lowest BCUT2D eigenvalue weighted by Gasteiger charge is -2.36. The molecule has 0 radical (unpaired) electrons. The molecular weight excluding hydrogens is 349 g/mol. The second-order valence-corrected chi connectivity index (χ2v) is 7.70. The number of rotatable bonds is 5. The van der Waals surface area contributed by atoms with Crippen LogP contribution in [0, 0.1) is 5.82 Å². The minimum Gasteiger partial charge on any atom is -0.374 e. The first-order chi connectivity index (χ1) is 11.6. The van der Waals surface area contributed by atoms with Crippen LogP contribution >= 0.6 is 23.1 Å². The zero-order valence-corrected chi connectivity index (χ0v) is 14.7. The molecule has 1 fully saturated rings.